The molecule has 0 unspecified atom stereocenters. The first-order valence-electron chi connectivity index (χ1n) is 7.59. The average molecular weight is 387 g/mol. The second kappa shape index (κ2) is 8.22. The van der Waals surface area contributed by atoms with Crippen molar-refractivity contribution in [2.45, 2.75) is 23.9 Å². The third-order valence-electron chi connectivity index (χ3n) is 3.30. The van der Waals surface area contributed by atoms with Gasteiger partial charge in [-0.25, -0.2) is 13.1 Å². The van der Waals surface area contributed by atoms with Crippen molar-refractivity contribution in [1.29, 1.82) is 0 Å². The number of para-hydroxylation sites is 1. The van der Waals surface area contributed by atoms with Crippen LogP contribution in [0.4, 0.5) is 13.2 Å². The topological polar surface area (TPSA) is 72.5 Å². The summed E-state index contributed by atoms with van der Waals surface area (Å²) in [5, 5.41) is 0. The molecule has 0 fully saturated rings. The number of hydrogen-bond donors (Lipinski definition) is 1. The fourth-order valence-corrected chi connectivity index (χ4v) is 3.04. The molecular weight excluding hydrogens is 371 g/mol. The number of sulfonamides is 1. The molecule has 1 N–H and O–H groups in total. The summed E-state index contributed by atoms with van der Waals surface area (Å²) in [6.07, 6.45) is -4.39. The summed E-state index contributed by atoms with van der Waals surface area (Å²) in [6, 6.07) is 11.8. The SMILES string of the molecule is O=C(CCCOc1ccccc1)NS(=O)(=O)c1ccc(C(F)(F)F)cc1. The molecule has 140 valence electrons. The first kappa shape index (κ1) is 19.8. The van der Waals surface area contributed by atoms with E-state index in [2.05, 4.69) is 0 Å². The molecule has 0 bridgehead atoms. The van der Waals surface area contributed by atoms with Gasteiger partial charge in [0.15, 0.2) is 0 Å². The van der Waals surface area contributed by atoms with Crippen LogP contribution in [0.25, 0.3) is 0 Å². The van der Waals surface area contributed by atoms with Gasteiger partial charge in [0.2, 0.25) is 5.91 Å². The lowest BCUT2D eigenvalue weighted by Crippen LogP contribution is -2.30. The number of ether oxygens (including phenoxy) is 1. The maximum atomic E-state index is 12.5. The molecule has 0 aliphatic carbocycles. The molecule has 0 saturated carbocycles. The van der Waals surface area contributed by atoms with E-state index >= 15 is 0 Å². The van der Waals surface area contributed by atoms with Crippen LogP contribution in [0.3, 0.4) is 0 Å². The number of amides is 1. The minimum absolute atomic E-state index is 0.104. The number of alkyl halides is 3. The lowest BCUT2D eigenvalue weighted by Gasteiger charge is -2.10. The second-order valence-corrected chi connectivity index (χ2v) is 7.00. The molecule has 0 aliphatic rings. The Kier molecular flexibility index (Phi) is 6.25. The molecule has 26 heavy (non-hydrogen) atoms. The third-order valence-corrected chi connectivity index (χ3v) is 4.69. The molecule has 0 aromatic heterocycles. The Morgan fingerprint density at radius 3 is 2.19 bits per heavy atom. The van der Waals surface area contributed by atoms with E-state index in [1.165, 1.54) is 0 Å². The summed E-state index contributed by atoms with van der Waals surface area (Å²) in [5.74, 6) is -0.133. The van der Waals surface area contributed by atoms with Gasteiger partial charge in [0.05, 0.1) is 17.1 Å². The fourth-order valence-electron chi connectivity index (χ4n) is 2.02. The number of hydrogen-bond acceptors (Lipinski definition) is 4. The predicted molar refractivity (Wildman–Crippen MR) is 87.9 cm³/mol. The standard InChI is InChI=1S/C17H16F3NO4S/c18-17(19,20)13-8-10-15(11-9-13)26(23,24)21-16(22)7-4-12-25-14-5-2-1-3-6-14/h1-3,5-6,8-11H,4,7,12H2,(H,21,22). The van der Waals surface area contributed by atoms with Crippen LogP contribution >= 0.6 is 0 Å². The Morgan fingerprint density at radius 2 is 1.62 bits per heavy atom. The fraction of sp³-hybridized carbons (Fsp3) is 0.235. The van der Waals surface area contributed by atoms with E-state index < -0.39 is 32.6 Å². The van der Waals surface area contributed by atoms with Crippen molar-refractivity contribution in [1.82, 2.24) is 4.72 Å². The van der Waals surface area contributed by atoms with Gasteiger partial charge in [-0.2, -0.15) is 13.2 Å². The summed E-state index contributed by atoms with van der Waals surface area (Å²) >= 11 is 0. The van der Waals surface area contributed by atoms with E-state index in [0.29, 0.717) is 17.9 Å². The van der Waals surface area contributed by atoms with E-state index in [-0.39, 0.29) is 19.4 Å². The van der Waals surface area contributed by atoms with Crippen molar-refractivity contribution in [2.75, 3.05) is 6.61 Å². The van der Waals surface area contributed by atoms with Crippen LogP contribution in [0, 0.1) is 0 Å². The van der Waals surface area contributed by atoms with Gasteiger partial charge in [0.25, 0.3) is 10.0 Å². The molecule has 0 saturated heterocycles. The van der Waals surface area contributed by atoms with Crippen LogP contribution in [0.1, 0.15) is 18.4 Å². The van der Waals surface area contributed by atoms with E-state index in [1.807, 2.05) is 10.8 Å². The summed E-state index contributed by atoms with van der Waals surface area (Å²) < 4.78 is 68.7. The summed E-state index contributed by atoms with van der Waals surface area (Å²) in [4.78, 5) is 11.3. The monoisotopic (exact) mass is 387 g/mol. The Balaban J connectivity index is 1.85. The minimum Gasteiger partial charge on any atom is -0.494 e. The van der Waals surface area contributed by atoms with Crippen LogP contribution in [0.2, 0.25) is 0 Å². The van der Waals surface area contributed by atoms with Crippen molar-refractivity contribution in [3.63, 3.8) is 0 Å². The van der Waals surface area contributed by atoms with Crippen molar-refractivity contribution in [3.05, 3.63) is 60.2 Å². The van der Waals surface area contributed by atoms with Gasteiger partial charge in [-0.3, -0.25) is 4.79 Å². The predicted octanol–water partition coefficient (Wildman–Crippen LogP) is 3.37. The van der Waals surface area contributed by atoms with Crippen molar-refractivity contribution < 1.29 is 31.1 Å². The smallest absolute Gasteiger partial charge is 0.416 e. The second-order valence-electron chi connectivity index (χ2n) is 5.32. The number of benzene rings is 2. The van der Waals surface area contributed by atoms with Gasteiger partial charge >= 0.3 is 6.18 Å². The largest absolute Gasteiger partial charge is 0.494 e. The van der Waals surface area contributed by atoms with Crippen molar-refractivity contribution >= 4 is 15.9 Å². The first-order valence-corrected chi connectivity index (χ1v) is 9.07. The zero-order valence-corrected chi connectivity index (χ0v) is 14.3. The van der Waals surface area contributed by atoms with E-state index in [1.54, 1.807) is 24.3 Å². The molecule has 0 radical (unpaired) electrons. The highest BCUT2D eigenvalue weighted by atomic mass is 32.2. The molecule has 2 aromatic rings. The molecule has 9 heteroatoms. The minimum atomic E-state index is -4.57. The number of carbonyl (C=O) groups is 1. The van der Waals surface area contributed by atoms with E-state index in [4.69, 9.17) is 4.74 Å². The van der Waals surface area contributed by atoms with Gasteiger partial charge in [-0.1, -0.05) is 18.2 Å². The number of carbonyl (C=O) groups excluding carboxylic acids is 1. The normalized spacial score (nSPS) is 11.8. The number of halogens is 3. The van der Waals surface area contributed by atoms with Crippen LogP contribution in [0.15, 0.2) is 59.5 Å². The van der Waals surface area contributed by atoms with Gasteiger partial charge < -0.3 is 4.74 Å². The Labute approximate surface area is 148 Å². The average Bonchev–Trinajstić information content (AvgIpc) is 2.59. The van der Waals surface area contributed by atoms with Gasteiger partial charge in [-0.05, 0) is 42.8 Å². The molecule has 1 amide bonds. The molecule has 2 rings (SSSR count). The van der Waals surface area contributed by atoms with Crippen molar-refractivity contribution in [3.8, 4) is 5.75 Å². The quantitative estimate of drug-likeness (QED) is 0.740. The Hall–Kier alpha value is -2.55. The highest BCUT2D eigenvalue weighted by molar-refractivity contribution is 7.90. The van der Waals surface area contributed by atoms with E-state index in [9.17, 15) is 26.4 Å². The highest BCUT2D eigenvalue weighted by Crippen LogP contribution is 2.29. The maximum Gasteiger partial charge on any atom is 0.416 e. The van der Waals surface area contributed by atoms with E-state index in [0.717, 1.165) is 12.1 Å². The van der Waals surface area contributed by atoms with Gasteiger partial charge in [-0.15, -0.1) is 0 Å². The third kappa shape index (κ3) is 5.76. The lowest BCUT2D eigenvalue weighted by atomic mass is 10.2. The van der Waals surface area contributed by atoms with Gasteiger partial charge in [0, 0.05) is 6.42 Å². The van der Waals surface area contributed by atoms with Crippen molar-refractivity contribution in [2.24, 2.45) is 0 Å². The zero-order valence-electron chi connectivity index (χ0n) is 13.5. The lowest BCUT2D eigenvalue weighted by molar-refractivity contribution is -0.137. The Bertz CT molecular complexity index is 835. The van der Waals surface area contributed by atoms with Gasteiger partial charge in [0.1, 0.15) is 5.75 Å². The molecule has 5 nitrogen and oxygen atoms in total. The highest BCUT2D eigenvalue weighted by Gasteiger charge is 2.30. The van der Waals surface area contributed by atoms with Crippen LogP contribution in [-0.4, -0.2) is 20.9 Å². The van der Waals surface area contributed by atoms with Crippen LogP contribution < -0.4 is 9.46 Å². The summed E-state index contributed by atoms with van der Waals surface area (Å²) in [5.41, 5.74) is -0.971. The first-order chi connectivity index (χ1) is 12.2. The number of nitrogens with one attached hydrogen (secondary N) is 1. The molecule has 0 atom stereocenters. The van der Waals surface area contributed by atoms with Crippen LogP contribution in [0.5, 0.6) is 5.75 Å². The molecule has 2 aromatic carbocycles. The summed E-state index contributed by atoms with van der Waals surface area (Å²) in [7, 11) is -4.22. The molecule has 0 spiro atoms. The van der Waals surface area contributed by atoms with Crippen LogP contribution in [-0.2, 0) is 21.0 Å². The Morgan fingerprint density at radius 1 is 1.00 bits per heavy atom. The number of rotatable bonds is 7. The summed E-state index contributed by atoms with van der Waals surface area (Å²) in [6.45, 7) is 0.220. The maximum absolute atomic E-state index is 12.5. The molecular formula is C17H16F3NO4S. The zero-order chi connectivity index (χ0) is 19.2. The molecule has 0 heterocycles. The molecule has 0 aliphatic heterocycles.